The summed E-state index contributed by atoms with van der Waals surface area (Å²) in [4.78, 5) is 20.2. The van der Waals surface area contributed by atoms with Crippen LogP contribution in [0, 0.1) is 0 Å². The number of hydrogen-bond donors (Lipinski definition) is 1. The van der Waals surface area contributed by atoms with E-state index in [0.717, 1.165) is 33.2 Å². The van der Waals surface area contributed by atoms with Crippen LogP contribution in [-0.4, -0.2) is 11.6 Å². The lowest BCUT2D eigenvalue weighted by Crippen LogP contribution is -2.23. The Morgan fingerprint density at radius 3 is 2.67 bits per heavy atom. The Balaban J connectivity index is 1.48. The van der Waals surface area contributed by atoms with Crippen molar-refractivity contribution in [3.63, 3.8) is 0 Å². The first-order chi connectivity index (χ1) is 16.2. The summed E-state index contributed by atoms with van der Waals surface area (Å²) in [7, 11) is 0. The van der Waals surface area contributed by atoms with E-state index < -0.39 is 0 Å². The van der Waals surface area contributed by atoms with Crippen molar-refractivity contribution in [3.05, 3.63) is 123 Å². The van der Waals surface area contributed by atoms with E-state index in [9.17, 15) is 4.79 Å². The third kappa shape index (κ3) is 4.75. The second-order valence-electron chi connectivity index (χ2n) is 7.64. The van der Waals surface area contributed by atoms with Crippen LogP contribution in [0.1, 0.15) is 29.7 Å². The quantitative estimate of drug-likeness (QED) is 0.460. The van der Waals surface area contributed by atoms with E-state index in [2.05, 4.69) is 17.4 Å². The molecule has 3 aromatic rings. The van der Waals surface area contributed by atoms with E-state index in [1.54, 1.807) is 24.1 Å². The predicted molar refractivity (Wildman–Crippen MR) is 133 cm³/mol. The summed E-state index contributed by atoms with van der Waals surface area (Å²) in [6.45, 7) is 0.352. The number of benzene rings is 2. The van der Waals surface area contributed by atoms with Crippen molar-refractivity contribution >= 4 is 35.0 Å². The standard InChI is InChI=1S/C27H21ClN2O2S/c28-22-11-3-1-9-20(22)26-21-10-2-4-12-24(21)33-25-13-5-7-18(14-15-23(25)30-26)27(31)29-17-19-8-6-16-32-19/h1-12,14,16H,13,15,17H2,(H,29,31)/b7-5-,18-14?. The van der Waals surface area contributed by atoms with Gasteiger partial charge in [-0.25, -0.2) is 0 Å². The van der Waals surface area contributed by atoms with Crippen molar-refractivity contribution in [1.82, 2.24) is 5.32 Å². The molecule has 164 valence electrons. The highest BCUT2D eigenvalue weighted by molar-refractivity contribution is 8.03. The third-order valence-corrected chi connectivity index (χ3v) is 7.01. The third-order valence-electron chi connectivity index (χ3n) is 5.45. The topological polar surface area (TPSA) is 54.6 Å². The Kier molecular flexibility index (Phi) is 6.33. The van der Waals surface area contributed by atoms with Crippen molar-refractivity contribution in [1.29, 1.82) is 0 Å². The zero-order chi connectivity index (χ0) is 22.6. The first kappa shape index (κ1) is 21.6. The molecule has 6 heteroatoms. The number of fused-ring (bicyclic) bond motifs is 1. The molecule has 0 fully saturated rings. The second kappa shape index (κ2) is 9.69. The number of carbonyl (C=O) groups excluding carboxylic acids is 1. The number of thioether (sulfide) groups is 1. The van der Waals surface area contributed by atoms with Crippen molar-refractivity contribution in [2.45, 2.75) is 24.3 Å². The van der Waals surface area contributed by atoms with Crippen molar-refractivity contribution < 1.29 is 9.21 Å². The Labute approximate surface area is 201 Å². The van der Waals surface area contributed by atoms with Gasteiger partial charge in [0.15, 0.2) is 0 Å². The lowest BCUT2D eigenvalue weighted by molar-refractivity contribution is -0.117. The number of nitrogens with zero attached hydrogens (tertiary/aromatic N) is 1. The zero-order valence-electron chi connectivity index (χ0n) is 17.8. The van der Waals surface area contributed by atoms with Crippen LogP contribution in [-0.2, 0) is 11.3 Å². The van der Waals surface area contributed by atoms with Gasteiger partial charge in [-0.2, -0.15) is 0 Å². The highest BCUT2D eigenvalue weighted by Crippen LogP contribution is 2.40. The maximum absolute atomic E-state index is 12.7. The van der Waals surface area contributed by atoms with Gasteiger partial charge in [-0.3, -0.25) is 9.79 Å². The van der Waals surface area contributed by atoms with Gasteiger partial charge in [-0.1, -0.05) is 78.0 Å². The SMILES string of the molecule is O=C(NCc1ccco1)C1=CCC2=C(C/C=C\1)Sc1ccccc1C(c1ccccc1Cl)=N2. The molecule has 1 amide bonds. The van der Waals surface area contributed by atoms with Crippen molar-refractivity contribution in [2.75, 3.05) is 0 Å². The average Bonchev–Trinajstić information content (AvgIpc) is 3.29. The predicted octanol–water partition coefficient (Wildman–Crippen LogP) is 6.68. The van der Waals surface area contributed by atoms with E-state index in [1.807, 2.05) is 60.7 Å². The van der Waals surface area contributed by atoms with E-state index >= 15 is 0 Å². The number of aliphatic imine (C=N–C) groups is 1. The van der Waals surface area contributed by atoms with Crippen LogP contribution >= 0.6 is 23.4 Å². The van der Waals surface area contributed by atoms with Crippen LogP contribution in [0.5, 0.6) is 0 Å². The molecule has 1 aromatic heterocycles. The molecule has 0 atom stereocenters. The Morgan fingerprint density at radius 2 is 1.85 bits per heavy atom. The molecule has 0 saturated heterocycles. The molecule has 1 aliphatic heterocycles. The lowest BCUT2D eigenvalue weighted by Gasteiger charge is -2.11. The number of amides is 1. The monoisotopic (exact) mass is 472 g/mol. The highest BCUT2D eigenvalue weighted by Gasteiger charge is 2.22. The fourth-order valence-electron chi connectivity index (χ4n) is 3.80. The molecule has 2 aliphatic rings. The van der Waals surface area contributed by atoms with E-state index in [0.29, 0.717) is 30.0 Å². The van der Waals surface area contributed by atoms with E-state index in [1.165, 1.54) is 4.91 Å². The summed E-state index contributed by atoms with van der Waals surface area (Å²) in [5.74, 6) is 0.585. The van der Waals surface area contributed by atoms with Gasteiger partial charge in [0.2, 0.25) is 0 Å². The van der Waals surface area contributed by atoms with Crippen LogP contribution in [0.4, 0.5) is 0 Å². The fourth-order valence-corrected chi connectivity index (χ4v) is 5.13. The number of allylic oxidation sites excluding steroid dienone is 3. The largest absolute Gasteiger partial charge is 0.467 e. The Bertz CT molecular complexity index is 1320. The van der Waals surface area contributed by atoms with E-state index in [-0.39, 0.29) is 5.91 Å². The molecule has 2 heterocycles. The molecule has 0 unspecified atom stereocenters. The highest BCUT2D eigenvalue weighted by atomic mass is 35.5. The van der Waals surface area contributed by atoms with Gasteiger partial charge in [0, 0.05) is 37.9 Å². The molecule has 33 heavy (non-hydrogen) atoms. The molecule has 2 aromatic carbocycles. The van der Waals surface area contributed by atoms with Crippen LogP contribution < -0.4 is 5.32 Å². The Morgan fingerprint density at radius 1 is 1.03 bits per heavy atom. The van der Waals surface area contributed by atoms with Crippen LogP contribution in [0.3, 0.4) is 0 Å². The number of furan rings is 1. The molecule has 5 rings (SSSR count). The number of hydrogen-bond acceptors (Lipinski definition) is 4. The molecule has 0 spiro atoms. The number of carbonyl (C=O) groups is 1. The molecular formula is C27H21ClN2O2S. The minimum Gasteiger partial charge on any atom is -0.467 e. The molecule has 4 nitrogen and oxygen atoms in total. The van der Waals surface area contributed by atoms with Crippen molar-refractivity contribution in [3.8, 4) is 0 Å². The van der Waals surface area contributed by atoms with Gasteiger partial charge in [-0.05, 0) is 30.7 Å². The Hall–Kier alpha value is -3.28. The maximum Gasteiger partial charge on any atom is 0.251 e. The number of nitrogens with one attached hydrogen (secondary N) is 1. The molecular weight excluding hydrogens is 452 g/mol. The summed E-state index contributed by atoms with van der Waals surface area (Å²) >= 11 is 8.30. The summed E-state index contributed by atoms with van der Waals surface area (Å²) in [5.41, 5.74) is 4.39. The van der Waals surface area contributed by atoms with Gasteiger partial charge in [0.25, 0.3) is 5.91 Å². The first-order valence-corrected chi connectivity index (χ1v) is 11.9. The summed E-state index contributed by atoms with van der Waals surface area (Å²) in [6, 6.07) is 19.7. The lowest BCUT2D eigenvalue weighted by atomic mass is 10.0. The van der Waals surface area contributed by atoms with Gasteiger partial charge in [0.05, 0.1) is 24.2 Å². The van der Waals surface area contributed by atoms with Gasteiger partial charge in [-0.15, -0.1) is 0 Å². The summed E-state index contributed by atoms with van der Waals surface area (Å²) in [5, 5.41) is 3.58. The van der Waals surface area contributed by atoms with Crippen LogP contribution in [0.2, 0.25) is 5.02 Å². The van der Waals surface area contributed by atoms with E-state index in [4.69, 9.17) is 21.0 Å². The minimum atomic E-state index is -0.133. The van der Waals surface area contributed by atoms with Gasteiger partial charge in [0.1, 0.15) is 5.76 Å². The van der Waals surface area contributed by atoms with Gasteiger partial charge < -0.3 is 9.73 Å². The smallest absolute Gasteiger partial charge is 0.251 e. The first-order valence-electron chi connectivity index (χ1n) is 10.7. The van der Waals surface area contributed by atoms with Crippen LogP contribution in [0.25, 0.3) is 0 Å². The second-order valence-corrected chi connectivity index (χ2v) is 9.18. The van der Waals surface area contributed by atoms with Gasteiger partial charge >= 0.3 is 0 Å². The van der Waals surface area contributed by atoms with Crippen LogP contribution in [0.15, 0.2) is 116 Å². The molecule has 1 aliphatic carbocycles. The van der Waals surface area contributed by atoms with Crippen molar-refractivity contribution in [2.24, 2.45) is 4.99 Å². The zero-order valence-corrected chi connectivity index (χ0v) is 19.3. The molecule has 0 saturated carbocycles. The summed E-state index contributed by atoms with van der Waals surface area (Å²) < 4.78 is 5.30. The maximum atomic E-state index is 12.7. The number of halogens is 1. The molecule has 0 bridgehead atoms. The molecule has 0 radical (unpaired) electrons. The summed E-state index contributed by atoms with van der Waals surface area (Å²) in [6.07, 6.45) is 8.71. The fraction of sp³-hybridized carbons (Fsp3) is 0.111. The molecule has 1 N–H and O–H groups in total. The average molecular weight is 473 g/mol. The normalized spacial score (nSPS) is 16.4. The number of rotatable bonds is 4. The minimum absolute atomic E-state index is 0.133.